The Hall–Kier alpha value is -4.03. The molecule has 1 aliphatic heterocycles. The second-order valence-electron chi connectivity index (χ2n) is 10.1. The third-order valence-corrected chi connectivity index (χ3v) is 8.44. The maximum Gasteiger partial charge on any atom is 0.263 e. The van der Waals surface area contributed by atoms with Crippen LogP contribution in [-0.2, 0) is 27.9 Å². The second-order valence-corrected chi connectivity index (χ2v) is 11.7. The van der Waals surface area contributed by atoms with Gasteiger partial charge < -0.3 is 15.4 Å². The number of piperidine rings is 1. The van der Waals surface area contributed by atoms with Crippen LogP contribution < -0.4 is 20.1 Å². The van der Waals surface area contributed by atoms with Crippen molar-refractivity contribution in [2.24, 2.45) is 0 Å². The van der Waals surface area contributed by atoms with Crippen LogP contribution in [0, 0.1) is 18.6 Å². The summed E-state index contributed by atoms with van der Waals surface area (Å²) in [7, 11) is -2.88. The van der Waals surface area contributed by atoms with E-state index in [1.807, 2.05) is 24.3 Å². The summed E-state index contributed by atoms with van der Waals surface area (Å²) < 4.78 is 64.2. The summed E-state index contributed by atoms with van der Waals surface area (Å²) in [6.45, 7) is 2.88. The first-order chi connectivity index (χ1) is 19.6. The van der Waals surface area contributed by atoms with Gasteiger partial charge in [-0.15, -0.1) is 0 Å². The Bertz CT molecular complexity index is 1700. The van der Waals surface area contributed by atoms with Crippen LogP contribution in [0.2, 0.25) is 0 Å². The fourth-order valence-corrected chi connectivity index (χ4v) is 5.93. The van der Waals surface area contributed by atoms with E-state index in [0.717, 1.165) is 49.1 Å². The van der Waals surface area contributed by atoms with E-state index in [9.17, 15) is 22.0 Å². The number of anilines is 1. The van der Waals surface area contributed by atoms with E-state index in [1.165, 1.54) is 36.9 Å². The lowest BCUT2D eigenvalue weighted by Gasteiger charge is -2.22. The van der Waals surface area contributed by atoms with Crippen LogP contribution in [0.3, 0.4) is 0 Å². The number of nitrogens with one attached hydrogen (secondary N) is 3. The minimum absolute atomic E-state index is 0.0406. The topological polar surface area (TPSA) is 114 Å². The maximum absolute atomic E-state index is 14.5. The SMILES string of the molecule is COc1cc(F)cc2c1c(NS(=O)(=O)c1ccc(C)c(F)c1)nn2Cc1cccc(CNC(=O)[C@@H]2CCCCN2)c1. The van der Waals surface area contributed by atoms with E-state index in [2.05, 4.69) is 20.5 Å². The van der Waals surface area contributed by atoms with Gasteiger partial charge in [0.05, 0.1) is 35.5 Å². The van der Waals surface area contributed by atoms with Crippen LogP contribution >= 0.6 is 0 Å². The summed E-state index contributed by atoms with van der Waals surface area (Å²) in [5.74, 6) is -1.28. The van der Waals surface area contributed by atoms with Crippen molar-refractivity contribution in [3.05, 3.63) is 82.9 Å². The molecule has 5 rings (SSSR count). The predicted molar refractivity (Wildman–Crippen MR) is 151 cm³/mol. The van der Waals surface area contributed by atoms with E-state index in [0.29, 0.717) is 17.6 Å². The van der Waals surface area contributed by atoms with Crippen LogP contribution in [0.5, 0.6) is 5.75 Å². The number of benzene rings is 3. The molecule has 0 radical (unpaired) electrons. The Morgan fingerprint density at radius 3 is 2.66 bits per heavy atom. The molecular weight excluding hydrogens is 552 g/mol. The smallest absolute Gasteiger partial charge is 0.263 e. The van der Waals surface area contributed by atoms with Crippen molar-refractivity contribution in [1.82, 2.24) is 20.4 Å². The Labute approximate surface area is 236 Å². The third kappa shape index (κ3) is 6.33. The van der Waals surface area contributed by atoms with Crippen molar-refractivity contribution in [1.29, 1.82) is 0 Å². The van der Waals surface area contributed by atoms with E-state index in [4.69, 9.17) is 4.74 Å². The van der Waals surface area contributed by atoms with Crippen molar-refractivity contribution >= 4 is 32.7 Å². The van der Waals surface area contributed by atoms with Gasteiger partial charge in [0.25, 0.3) is 10.0 Å². The number of halogens is 2. The Kier molecular flexibility index (Phi) is 8.22. The zero-order chi connectivity index (χ0) is 29.1. The van der Waals surface area contributed by atoms with Gasteiger partial charge in [0.15, 0.2) is 5.82 Å². The zero-order valence-electron chi connectivity index (χ0n) is 22.7. The number of sulfonamides is 1. The largest absolute Gasteiger partial charge is 0.496 e. The lowest BCUT2D eigenvalue weighted by Crippen LogP contribution is -2.46. The number of aromatic nitrogens is 2. The van der Waals surface area contributed by atoms with Gasteiger partial charge in [-0.1, -0.05) is 36.8 Å². The first kappa shape index (κ1) is 28.5. The number of aryl methyl sites for hydroxylation is 1. The molecule has 216 valence electrons. The molecule has 1 saturated heterocycles. The van der Waals surface area contributed by atoms with Gasteiger partial charge in [-0.05, 0) is 55.1 Å². The lowest BCUT2D eigenvalue weighted by molar-refractivity contribution is -0.123. The summed E-state index contributed by atoms with van der Waals surface area (Å²) in [5.41, 5.74) is 2.28. The van der Waals surface area contributed by atoms with Gasteiger partial charge in [-0.2, -0.15) is 5.10 Å². The van der Waals surface area contributed by atoms with Gasteiger partial charge in [-0.25, -0.2) is 17.2 Å². The van der Waals surface area contributed by atoms with Crippen molar-refractivity contribution in [2.75, 3.05) is 18.4 Å². The molecule has 0 bridgehead atoms. The van der Waals surface area contributed by atoms with Gasteiger partial charge in [0.1, 0.15) is 17.4 Å². The minimum atomic E-state index is -4.23. The van der Waals surface area contributed by atoms with Gasteiger partial charge in [-0.3, -0.25) is 14.2 Å². The molecule has 1 atom stereocenters. The molecule has 0 aliphatic carbocycles. The van der Waals surface area contributed by atoms with E-state index in [-0.39, 0.29) is 40.3 Å². The van der Waals surface area contributed by atoms with Crippen LogP contribution in [0.25, 0.3) is 10.9 Å². The van der Waals surface area contributed by atoms with Crippen molar-refractivity contribution < 1.29 is 26.7 Å². The molecule has 2 heterocycles. The Morgan fingerprint density at radius 1 is 1.12 bits per heavy atom. The molecule has 1 amide bonds. The first-order valence-electron chi connectivity index (χ1n) is 13.3. The van der Waals surface area contributed by atoms with E-state index < -0.39 is 21.7 Å². The highest BCUT2D eigenvalue weighted by atomic mass is 32.2. The number of methoxy groups -OCH3 is 1. The Balaban J connectivity index is 1.43. The van der Waals surface area contributed by atoms with E-state index >= 15 is 0 Å². The van der Waals surface area contributed by atoms with Gasteiger partial charge >= 0.3 is 0 Å². The summed E-state index contributed by atoms with van der Waals surface area (Å²) in [5, 5.41) is 10.9. The molecule has 0 unspecified atom stereocenters. The molecule has 1 fully saturated rings. The van der Waals surface area contributed by atoms with Crippen molar-refractivity contribution in [2.45, 2.75) is 50.2 Å². The monoisotopic (exact) mass is 583 g/mol. The minimum Gasteiger partial charge on any atom is -0.496 e. The number of hydrogen-bond acceptors (Lipinski definition) is 6. The number of rotatable bonds is 9. The van der Waals surface area contributed by atoms with Crippen LogP contribution in [0.1, 0.15) is 36.0 Å². The van der Waals surface area contributed by atoms with Crippen LogP contribution in [0.4, 0.5) is 14.6 Å². The molecule has 12 heteroatoms. The lowest BCUT2D eigenvalue weighted by atomic mass is 10.0. The number of nitrogens with zero attached hydrogens (tertiary/aromatic N) is 2. The quantitative estimate of drug-likeness (QED) is 0.272. The summed E-state index contributed by atoms with van der Waals surface area (Å²) in [6, 6.07) is 13.3. The standard InChI is InChI=1S/C29H31F2N5O4S/c1-18-9-10-22(15-23(18)31)41(38,39)35-28-27-25(13-21(30)14-26(27)40-2)36(34-28)17-20-7-5-6-19(12-20)16-33-29(37)24-8-3-4-11-32-24/h5-7,9-10,12-15,24,32H,3-4,8,11,16-17H2,1-2H3,(H,33,37)(H,34,35)/t24-/m0/s1. The fourth-order valence-electron chi connectivity index (χ4n) is 4.91. The molecule has 3 N–H and O–H groups in total. The number of fused-ring (bicyclic) bond motifs is 1. The molecule has 1 aromatic heterocycles. The normalized spacial score (nSPS) is 15.6. The van der Waals surface area contributed by atoms with Crippen LogP contribution in [-0.4, -0.2) is 43.8 Å². The highest BCUT2D eigenvalue weighted by Gasteiger charge is 2.24. The number of amides is 1. The van der Waals surface area contributed by atoms with Gasteiger partial charge in [0.2, 0.25) is 5.91 Å². The molecule has 1 aliphatic rings. The number of hydrogen-bond donors (Lipinski definition) is 3. The van der Waals surface area contributed by atoms with Gasteiger partial charge in [0, 0.05) is 18.7 Å². The van der Waals surface area contributed by atoms with Crippen molar-refractivity contribution in [3.8, 4) is 5.75 Å². The molecule has 0 spiro atoms. The average molecular weight is 584 g/mol. The third-order valence-electron chi connectivity index (χ3n) is 7.10. The second kappa shape index (κ2) is 11.8. The number of ether oxygens (including phenoxy) is 1. The summed E-state index contributed by atoms with van der Waals surface area (Å²) in [6.07, 6.45) is 2.89. The molecule has 9 nitrogen and oxygen atoms in total. The number of carbonyl (C=O) groups is 1. The average Bonchev–Trinajstić information content (AvgIpc) is 3.28. The maximum atomic E-state index is 14.5. The van der Waals surface area contributed by atoms with E-state index in [1.54, 1.807) is 0 Å². The fraction of sp³-hybridized carbons (Fsp3) is 0.310. The molecule has 41 heavy (non-hydrogen) atoms. The Morgan fingerprint density at radius 2 is 1.93 bits per heavy atom. The van der Waals surface area contributed by atoms with Crippen molar-refractivity contribution in [3.63, 3.8) is 0 Å². The summed E-state index contributed by atoms with van der Waals surface area (Å²) in [4.78, 5) is 12.3. The predicted octanol–water partition coefficient (Wildman–Crippen LogP) is 4.24. The first-order valence-corrected chi connectivity index (χ1v) is 14.7. The summed E-state index contributed by atoms with van der Waals surface area (Å²) >= 11 is 0. The number of carbonyl (C=O) groups excluding carboxylic acids is 1. The van der Waals surface area contributed by atoms with Crippen LogP contribution in [0.15, 0.2) is 59.5 Å². The zero-order valence-corrected chi connectivity index (χ0v) is 23.5. The highest BCUT2D eigenvalue weighted by molar-refractivity contribution is 7.92. The highest BCUT2D eigenvalue weighted by Crippen LogP contribution is 2.35. The molecular formula is C29H31F2N5O4S. The molecule has 4 aromatic rings. The molecule has 0 saturated carbocycles. The molecule has 3 aromatic carbocycles.